The number of aliphatic imine (C=N–C) groups is 1. The van der Waals surface area contributed by atoms with E-state index in [-0.39, 0.29) is 6.04 Å². The Morgan fingerprint density at radius 2 is 1.94 bits per heavy atom. The summed E-state index contributed by atoms with van der Waals surface area (Å²) in [7, 11) is 0.824. The van der Waals surface area contributed by atoms with E-state index in [1.807, 2.05) is 6.92 Å². The predicted octanol–water partition coefficient (Wildman–Crippen LogP) is 2.54. The van der Waals surface area contributed by atoms with Gasteiger partial charge in [-0.2, -0.15) is 0 Å². The average Bonchev–Trinajstić information content (AvgIpc) is 2.39. The van der Waals surface area contributed by atoms with E-state index in [1.54, 1.807) is 20.3 Å². The maximum Gasteiger partial charge on any atom is 0.500 e. The summed E-state index contributed by atoms with van der Waals surface area (Å²) in [6.07, 6.45) is 5.34. The van der Waals surface area contributed by atoms with Gasteiger partial charge in [-0.1, -0.05) is 13.3 Å². The Labute approximate surface area is 111 Å². The Hall–Kier alpha value is -0.523. The highest BCUT2D eigenvalue weighted by Gasteiger charge is 2.37. The number of rotatable bonds is 11. The highest BCUT2D eigenvalue weighted by molar-refractivity contribution is 6.60. The van der Waals surface area contributed by atoms with Crippen molar-refractivity contribution in [1.29, 1.82) is 0 Å². The fourth-order valence-electron chi connectivity index (χ4n) is 1.63. The Morgan fingerprint density at radius 3 is 2.44 bits per heavy atom. The number of hydrogen-bond acceptors (Lipinski definition) is 5. The molecule has 1 atom stereocenters. The molecule has 6 heteroatoms. The topological polar surface area (TPSA) is 57.1 Å². The van der Waals surface area contributed by atoms with Crippen molar-refractivity contribution in [3.05, 3.63) is 0 Å². The third-order valence-electron chi connectivity index (χ3n) is 2.82. The molecule has 0 saturated carbocycles. The van der Waals surface area contributed by atoms with Crippen LogP contribution in [0.5, 0.6) is 0 Å². The first-order valence-electron chi connectivity index (χ1n) is 6.45. The van der Waals surface area contributed by atoms with E-state index < -0.39 is 8.80 Å². The van der Waals surface area contributed by atoms with Crippen LogP contribution < -0.4 is 0 Å². The maximum atomic E-state index is 10.1. The van der Waals surface area contributed by atoms with Crippen molar-refractivity contribution in [2.24, 2.45) is 4.99 Å². The first kappa shape index (κ1) is 17.5. The maximum absolute atomic E-state index is 10.1. The fourth-order valence-corrected chi connectivity index (χ4v) is 3.83. The molecule has 0 heterocycles. The summed E-state index contributed by atoms with van der Waals surface area (Å²) < 4.78 is 16.7. The second kappa shape index (κ2) is 10.4. The van der Waals surface area contributed by atoms with Crippen LogP contribution in [-0.4, -0.2) is 41.8 Å². The molecule has 0 aromatic heterocycles. The summed E-state index contributed by atoms with van der Waals surface area (Å²) >= 11 is 0. The van der Waals surface area contributed by atoms with Gasteiger partial charge in [-0.25, -0.2) is 9.79 Å². The van der Waals surface area contributed by atoms with Crippen molar-refractivity contribution in [1.82, 2.24) is 0 Å². The van der Waals surface area contributed by atoms with Gasteiger partial charge in [0, 0.05) is 26.9 Å². The van der Waals surface area contributed by atoms with Gasteiger partial charge in [-0.05, 0) is 26.2 Å². The molecule has 18 heavy (non-hydrogen) atoms. The van der Waals surface area contributed by atoms with E-state index in [1.165, 1.54) is 0 Å². The predicted molar refractivity (Wildman–Crippen MR) is 72.3 cm³/mol. The largest absolute Gasteiger partial charge is 0.500 e. The van der Waals surface area contributed by atoms with Crippen molar-refractivity contribution in [2.45, 2.75) is 51.6 Å². The molecule has 0 fully saturated rings. The van der Waals surface area contributed by atoms with Gasteiger partial charge < -0.3 is 13.3 Å². The lowest BCUT2D eigenvalue weighted by Crippen LogP contribution is -2.44. The summed E-state index contributed by atoms with van der Waals surface area (Å²) in [5.41, 5.74) is 0. The summed E-state index contributed by atoms with van der Waals surface area (Å²) in [5.74, 6) is 0. The summed E-state index contributed by atoms with van der Waals surface area (Å²) in [6.45, 7) is 4.60. The molecule has 0 N–H and O–H groups in total. The SMILES string of the molecule is CCCC[Si](OC)(OC)OCCCC(C)N=C=O. The minimum atomic E-state index is -2.46. The van der Waals surface area contributed by atoms with Crippen molar-refractivity contribution in [3.63, 3.8) is 0 Å². The van der Waals surface area contributed by atoms with Crippen LogP contribution in [0.1, 0.15) is 39.5 Å². The molecule has 106 valence electrons. The van der Waals surface area contributed by atoms with Crippen LogP contribution in [0.4, 0.5) is 0 Å². The van der Waals surface area contributed by atoms with Crippen LogP contribution in [-0.2, 0) is 18.1 Å². The molecule has 0 aliphatic carbocycles. The minimum Gasteiger partial charge on any atom is -0.377 e. The standard InChI is InChI=1S/C12H25NO4Si/c1-5-6-10-18(15-3,16-4)17-9-7-8-12(2)13-11-14/h12H,5-10H2,1-4H3. The van der Waals surface area contributed by atoms with Crippen LogP contribution in [0.15, 0.2) is 4.99 Å². The summed E-state index contributed by atoms with van der Waals surface area (Å²) in [4.78, 5) is 13.7. The van der Waals surface area contributed by atoms with Crippen LogP contribution in [0.3, 0.4) is 0 Å². The molecule has 0 saturated heterocycles. The molecule has 0 radical (unpaired) electrons. The lowest BCUT2D eigenvalue weighted by molar-refractivity contribution is 0.0954. The van der Waals surface area contributed by atoms with Gasteiger partial charge in [0.25, 0.3) is 0 Å². The Kier molecular flexibility index (Phi) is 10.1. The zero-order chi connectivity index (χ0) is 13.9. The molecule has 0 spiro atoms. The molecule has 0 aliphatic rings. The smallest absolute Gasteiger partial charge is 0.377 e. The molecule has 0 aromatic rings. The van der Waals surface area contributed by atoms with Gasteiger partial charge in [-0.15, -0.1) is 0 Å². The number of carbonyl (C=O) groups excluding carboxylic acids is 1. The highest BCUT2D eigenvalue weighted by Crippen LogP contribution is 2.18. The van der Waals surface area contributed by atoms with E-state index in [9.17, 15) is 4.79 Å². The van der Waals surface area contributed by atoms with Gasteiger partial charge in [0.05, 0.1) is 6.04 Å². The Bertz CT molecular complexity index is 252. The number of unbranched alkanes of at least 4 members (excludes halogenated alkanes) is 1. The van der Waals surface area contributed by atoms with Crippen molar-refractivity contribution in [3.8, 4) is 0 Å². The first-order valence-corrected chi connectivity index (χ1v) is 8.38. The van der Waals surface area contributed by atoms with Crippen molar-refractivity contribution in [2.75, 3.05) is 20.8 Å². The second-order valence-electron chi connectivity index (χ2n) is 4.25. The molecule has 0 aromatic carbocycles. The van der Waals surface area contributed by atoms with Crippen molar-refractivity contribution >= 4 is 14.9 Å². The van der Waals surface area contributed by atoms with E-state index >= 15 is 0 Å². The summed E-state index contributed by atoms with van der Waals surface area (Å²) in [5, 5.41) is 0. The molecule has 0 bridgehead atoms. The van der Waals surface area contributed by atoms with E-state index in [0.29, 0.717) is 6.61 Å². The Morgan fingerprint density at radius 1 is 1.28 bits per heavy atom. The normalized spacial score (nSPS) is 13.1. The van der Waals surface area contributed by atoms with E-state index in [2.05, 4.69) is 11.9 Å². The summed E-state index contributed by atoms with van der Waals surface area (Å²) in [6, 6.07) is 0.848. The number of hydrogen-bond donors (Lipinski definition) is 0. The van der Waals surface area contributed by atoms with Crippen LogP contribution in [0, 0.1) is 0 Å². The molecule has 0 amide bonds. The average molecular weight is 275 g/mol. The molecule has 0 rings (SSSR count). The van der Waals surface area contributed by atoms with Gasteiger partial charge >= 0.3 is 8.80 Å². The van der Waals surface area contributed by atoms with Crippen LogP contribution in [0.25, 0.3) is 0 Å². The third kappa shape index (κ3) is 7.03. The molecule has 1 unspecified atom stereocenters. The van der Waals surface area contributed by atoms with Crippen LogP contribution in [0.2, 0.25) is 6.04 Å². The lowest BCUT2D eigenvalue weighted by Gasteiger charge is -2.26. The van der Waals surface area contributed by atoms with E-state index in [4.69, 9.17) is 13.3 Å². The van der Waals surface area contributed by atoms with Gasteiger partial charge in [0.15, 0.2) is 0 Å². The second-order valence-corrected chi connectivity index (χ2v) is 7.23. The molecular formula is C12H25NO4Si. The van der Waals surface area contributed by atoms with Gasteiger partial charge in [-0.3, -0.25) is 0 Å². The fraction of sp³-hybridized carbons (Fsp3) is 0.917. The lowest BCUT2D eigenvalue weighted by atomic mass is 10.2. The molecule has 0 aliphatic heterocycles. The zero-order valence-electron chi connectivity index (χ0n) is 11.9. The van der Waals surface area contributed by atoms with Gasteiger partial charge in [0.2, 0.25) is 6.08 Å². The monoisotopic (exact) mass is 275 g/mol. The highest BCUT2D eigenvalue weighted by atomic mass is 28.4. The number of nitrogens with zero attached hydrogens (tertiary/aromatic N) is 1. The quantitative estimate of drug-likeness (QED) is 0.252. The van der Waals surface area contributed by atoms with Gasteiger partial charge in [0.1, 0.15) is 0 Å². The van der Waals surface area contributed by atoms with Crippen LogP contribution >= 0.6 is 0 Å². The molecular weight excluding hydrogens is 250 g/mol. The van der Waals surface area contributed by atoms with E-state index in [0.717, 1.165) is 31.7 Å². The zero-order valence-corrected chi connectivity index (χ0v) is 12.9. The first-order chi connectivity index (χ1) is 8.64. The Balaban J connectivity index is 3.99. The van der Waals surface area contributed by atoms with Crippen molar-refractivity contribution < 1.29 is 18.1 Å². The number of isocyanates is 1. The minimum absolute atomic E-state index is 0.00268. The third-order valence-corrected chi connectivity index (χ3v) is 5.67. The molecule has 5 nitrogen and oxygen atoms in total.